The molecule has 1 aliphatic rings. The molecule has 1 aliphatic carbocycles. The van der Waals surface area contributed by atoms with Crippen molar-refractivity contribution in [3.8, 4) is 0 Å². The van der Waals surface area contributed by atoms with Crippen LogP contribution in [0, 0.1) is 17.6 Å². The maximum atomic E-state index is 13.7. The molecule has 0 aliphatic heterocycles. The van der Waals surface area contributed by atoms with Gasteiger partial charge in [-0.3, -0.25) is 4.79 Å². The van der Waals surface area contributed by atoms with Crippen LogP contribution in [0.3, 0.4) is 0 Å². The molecule has 1 aromatic heterocycles. The number of rotatable bonds is 5. The summed E-state index contributed by atoms with van der Waals surface area (Å²) in [6.07, 6.45) is 0.391. The van der Waals surface area contributed by atoms with Crippen LogP contribution in [0.4, 0.5) is 8.78 Å². The minimum Gasteiger partial charge on any atom is -0.476 e. The van der Waals surface area contributed by atoms with Gasteiger partial charge in [-0.25, -0.2) is 18.6 Å². The van der Waals surface area contributed by atoms with Gasteiger partial charge in [0.25, 0.3) is 0 Å². The van der Waals surface area contributed by atoms with Gasteiger partial charge in [-0.15, -0.1) is 11.3 Å². The van der Waals surface area contributed by atoms with E-state index >= 15 is 0 Å². The number of amides is 1. The first kappa shape index (κ1) is 15.5. The van der Waals surface area contributed by atoms with Crippen molar-refractivity contribution in [3.05, 3.63) is 51.5 Å². The first-order chi connectivity index (χ1) is 11.0. The highest BCUT2D eigenvalue weighted by Gasteiger charge is 2.46. The van der Waals surface area contributed by atoms with Crippen LogP contribution in [0.5, 0.6) is 0 Å². The van der Waals surface area contributed by atoms with Crippen molar-refractivity contribution in [2.24, 2.45) is 5.92 Å². The van der Waals surface area contributed by atoms with Crippen molar-refractivity contribution < 1.29 is 23.5 Å². The molecule has 2 aromatic rings. The second kappa shape index (κ2) is 6.04. The highest BCUT2D eigenvalue weighted by Crippen LogP contribution is 2.49. The van der Waals surface area contributed by atoms with Gasteiger partial charge in [-0.2, -0.15) is 0 Å². The van der Waals surface area contributed by atoms with E-state index in [1.165, 1.54) is 23.6 Å². The van der Waals surface area contributed by atoms with Crippen LogP contribution < -0.4 is 5.32 Å². The number of carboxylic acids is 1. The van der Waals surface area contributed by atoms with E-state index in [4.69, 9.17) is 5.11 Å². The maximum Gasteiger partial charge on any atom is 0.355 e. The fourth-order valence-electron chi connectivity index (χ4n) is 2.45. The number of carbonyl (C=O) groups is 2. The highest BCUT2D eigenvalue weighted by atomic mass is 32.1. The molecule has 120 valence electrons. The Bertz CT molecular complexity index is 758. The molecule has 8 heteroatoms. The highest BCUT2D eigenvalue weighted by molar-refractivity contribution is 7.09. The molecule has 1 fully saturated rings. The number of nitrogens with one attached hydrogen (secondary N) is 1. The monoisotopic (exact) mass is 338 g/mol. The van der Waals surface area contributed by atoms with Crippen molar-refractivity contribution in [1.29, 1.82) is 0 Å². The van der Waals surface area contributed by atoms with Crippen LogP contribution in [-0.2, 0) is 11.3 Å². The zero-order chi connectivity index (χ0) is 16.6. The molecule has 1 heterocycles. The van der Waals surface area contributed by atoms with E-state index in [1.54, 1.807) is 0 Å². The van der Waals surface area contributed by atoms with Crippen LogP contribution in [-0.4, -0.2) is 22.0 Å². The molecule has 1 aromatic carbocycles. The predicted octanol–water partition coefficient (Wildman–Crippen LogP) is 2.54. The molecule has 0 saturated heterocycles. The van der Waals surface area contributed by atoms with Crippen LogP contribution in [0.25, 0.3) is 0 Å². The molecular formula is C15H12F2N2O3S. The van der Waals surface area contributed by atoms with Gasteiger partial charge in [0.15, 0.2) is 5.69 Å². The van der Waals surface area contributed by atoms with Crippen LogP contribution in [0.1, 0.15) is 33.4 Å². The van der Waals surface area contributed by atoms with Gasteiger partial charge < -0.3 is 10.4 Å². The van der Waals surface area contributed by atoms with E-state index in [9.17, 15) is 18.4 Å². The summed E-state index contributed by atoms with van der Waals surface area (Å²) in [6, 6.07) is 3.64. The molecule has 0 unspecified atom stereocenters. The molecule has 2 N–H and O–H groups in total. The lowest BCUT2D eigenvalue weighted by Gasteiger charge is -2.05. The minimum absolute atomic E-state index is 0.0462. The Kier molecular flexibility index (Phi) is 4.08. The van der Waals surface area contributed by atoms with Gasteiger partial charge in [0, 0.05) is 22.8 Å². The second-order valence-electron chi connectivity index (χ2n) is 5.23. The third-order valence-corrected chi connectivity index (χ3v) is 4.53. The first-order valence-electron chi connectivity index (χ1n) is 6.86. The molecule has 1 amide bonds. The minimum atomic E-state index is -1.13. The average molecular weight is 338 g/mol. The van der Waals surface area contributed by atoms with E-state index in [0.29, 0.717) is 11.4 Å². The normalized spacial score (nSPS) is 19.4. The number of thiazole rings is 1. The Morgan fingerprint density at radius 1 is 1.35 bits per heavy atom. The lowest BCUT2D eigenvalue weighted by molar-refractivity contribution is -0.122. The van der Waals surface area contributed by atoms with Gasteiger partial charge in [0.2, 0.25) is 5.91 Å². The number of aromatic carboxylic acids is 1. The number of carboxylic acid groups (broad SMARTS) is 1. The molecule has 2 atom stereocenters. The quantitative estimate of drug-likeness (QED) is 0.878. The van der Waals surface area contributed by atoms with Crippen LogP contribution >= 0.6 is 11.3 Å². The number of nitrogens with zero attached hydrogens (tertiary/aromatic N) is 1. The van der Waals surface area contributed by atoms with Crippen molar-refractivity contribution in [3.63, 3.8) is 0 Å². The summed E-state index contributed by atoms with van der Waals surface area (Å²) in [6.45, 7) is 0.0970. The van der Waals surface area contributed by atoms with E-state index in [2.05, 4.69) is 10.3 Å². The van der Waals surface area contributed by atoms with Crippen molar-refractivity contribution in [2.45, 2.75) is 18.9 Å². The molecule has 0 spiro atoms. The summed E-state index contributed by atoms with van der Waals surface area (Å²) in [5.41, 5.74) is -0.118. The lowest BCUT2D eigenvalue weighted by Crippen LogP contribution is -2.25. The summed E-state index contributed by atoms with van der Waals surface area (Å²) >= 11 is 1.13. The molecule has 3 rings (SSSR count). The number of aromatic nitrogens is 1. The number of halogens is 2. The Hall–Kier alpha value is -2.35. The molecule has 1 saturated carbocycles. The standard InChI is InChI=1S/C15H12F2N2O3S/c16-9-2-1-3-10(17)13(9)7-4-8(7)14(20)18-5-12-19-11(6-23-12)15(21)22/h1-3,6-8H,4-5H2,(H,18,20)(H,21,22)/t7-,8-/m1/s1. The van der Waals surface area contributed by atoms with E-state index in [-0.39, 0.29) is 23.7 Å². The maximum absolute atomic E-state index is 13.7. The summed E-state index contributed by atoms with van der Waals surface area (Å²) < 4.78 is 27.3. The average Bonchev–Trinajstić information content (AvgIpc) is 3.12. The molecule has 0 bridgehead atoms. The lowest BCUT2D eigenvalue weighted by atomic mass is 10.1. The number of hydrogen-bond acceptors (Lipinski definition) is 4. The van der Waals surface area contributed by atoms with Gasteiger partial charge in [-0.05, 0) is 18.6 Å². The topological polar surface area (TPSA) is 79.3 Å². The third kappa shape index (κ3) is 3.21. The Morgan fingerprint density at radius 2 is 2.04 bits per heavy atom. The summed E-state index contributed by atoms with van der Waals surface area (Å²) in [4.78, 5) is 26.6. The van der Waals surface area contributed by atoms with E-state index < -0.39 is 29.4 Å². The fourth-order valence-corrected chi connectivity index (χ4v) is 3.16. The van der Waals surface area contributed by atoms with Gasteiger partial charge in [-0.1, -0.05) is 6.07 Å². The third-order valence-electron chi connectivity index (χ3n) is 3.68. The summed E-state index contributed by atoms with van der Waals surface area (Å²) in [5, 5.41) is 13.2. The molecule has 23 heavy (non-hydrogen) atoms. The van der Waals surface area contributed by atoms with Crippen LogP contribution in [0.2, 0.25) is 0 Å². The number of carbonyl (C=O) groups excluding carboxylic acids is 1. The first-order valence-corrected chi connectivity index (χ1v) is 7.74. The molecule has 5 nitrogen and oxygen atoms in total. The SMILES string of the molecule is O=C(O)c1csc(CNC(=O)[C@@H]2C[C@H]2c2c(F)cccc2F)n1. The molecule has 0 radical (unpaired) electrons. The second-order valence-corrected chi connectivity index (χ2v) is 6.18. The Labute approximate surface area is 134 Å². The number of benzene rings is 1. The summed E-state index contributed by atoms with van der Waals surface area (Å²) in [7, 11) is 0. The van der Waals surface area contributed by atoms with Crippen molar-refractivity contribution in [1.82, 2.24) is 10.3 Å². The van der Waals surface area contributed by atoms with E-state index in [0.717, 1.165) is 11.3 Å². The van der Waals surface area contributed by atoms with Gasteiger partial charge in [0.1, 0.15) is 16.6 Å². The Balaban J connectivity index is 1.59. The van der Waals surface area contributed by atoms with Crippen molar-refractivity contribution >= 4 is 23.2 Å². The Morgan fingerprint density at radius 3 is 2.65 bits per heavy atom. The number of hydrogen-bond donors (Lipinski definition) is 2. The summed E-state index contributed by atoms with van der Waals surface area (Å²) in [5.74, 6) is -3.66. The smallest absolute Gasteiger partial charge is 0.355 e. The van der Waals surface area contributed by atoms with Crippen molar-refractivity contribution in [2.75, 3.05) is 0 Å². The largest absolute Gasteiger partial charge is 0.476 e. The zero-order valence-corrected chi connectivity index (χ0v) is 12.6. The molecular weight excluding hydrogens is 326 g/mol. The van der Waals surface area contributed by atoms with E-state index in [1.807, 2.05) is 0 Å². The zero-order valence-electron chi connectivity index (χ0n) is 11.8. The van der Waals surface area contributed by atoms with Crippen LogP contribution in [0.15, 0.2) is 23.6 Å². The van der Waals surface area contributed by atoms with Gasteiger partial charge in [0.05, 0.1) is 6.54 Å². The van der Waals surface area contributed by atoms with Gasteiger partial charge >= 0.3 is 5.97 Å². The predicted molar refractivity (Wildman–Crippen MR) is 78.1 cm³/mol. The fraction of sp³-hybridized carbons (Fsp3) is 0.267.